The Kier molecular flexibility index (Phi) is 4.16. The molecular formula is C12H19N3. The molecule has 0 saturated carbocycles. The molecule has 3 heteroatoms. The highest BCUT2D eigenvalue weighted by molar-refractivity contribution is 5.89. The van der Waals surface area contributed by atoms with E-state index in [-0.39, 0.29) is 5.96 Å². The molecule has 0 aliphatic rings. The molecule has 0 aliphatic carbocycles. The summed E-state index contributed by atoms with van der Waals surface area (Å²) in [7, 11) is 0. The van der Waals surface area contributed by atoms with Gasteiger partial charge in [-0.25, -0.2) is 0 Å². The van der Waals surface area contributed by atoms with Gasteiger partial charge in [0, 0.05) is 5.69 Å². The van der Waals surface area contributed by atoms with Crippen molar-refractivity contribution in [1.29, 1.82) is 5.41 Å². The minimum absolute atomic E-state index is 0.0232. The van der Waals surface area contributed by atoms with Crippen LogP contribution in [0.2, 0.25) is 0 Å². The monoisotopic (exact) mass is 205 g/mol. The molecule has 0 unspecified atom stereocenters. The van der Waals surface area contributed by atoms with Gasteiger partial charge in [0.15, 0.2) is 5.96 Å². The van der Waals surface area contributed by atoms with Crippen LogP contribution in [-0.2, 0) is 6.42 Å². The zero-order valence-corrected chi connectivity index (χ0v) is 9.38. The van der Waals surface area contributed by atoms with Crippen molar-refractivity contribution in [2.45, 2.75) is 26.7 Å². The first-order valence-corrected chi connectivity index (χ1v) is 5.28. The average Bonchev–Trinajstić information content (AvgIpc) is 2.16. The first-order valence-electron chi connectivity index (χ1n) is 5.28. The molecule has 1 aromatic carbocycles. The molecule has 0 radical (unpaired) electrons. The second-order valence-electron chi connectivity index (χ2n) is 4.17. The van der Waals surface area contributed by atoms with E-state index in [9.17, 15) is 0 Å². The Hall–Kier alpha value is -1.51. The smallest absolute Gasteiger partial charge is 0.190 e. The predicted molar refractivity (Wildman–Crippen MR) is 65.1 cm³/mol. The molecule has 0 heterocycles. The van der Waals surface area contributed by atoms with E-state index in [0.717, 1.165) is 18.0 Å². The van der Waals surface area contributed by atoms with Gasteiger partial charge in [-0.05, 0) is 36.5 Å². The van der Waals surface area contributed by atoms with Gasteiger partial charge in [-0.2, -0.15) is 0 Å². The lowest BCUT2D eigenvalue weighted by atomic mass is 10.0. The van der Waals surface area contributed by atoms with E-state index in [0.29, 0.717) is 0 Å². The normalized spacial score (nSPS) is 10.3. The van der Waals surface area contributed by atoms with E-state index >= 15 is 0 Å². The number of aryl methyl sites for hydroxylation is 1. The van der Waals surface area contributed by atoms with Crippen LogP contribution >= 0.6 is 0 Å². The van der Waals surface area contributed by atoms with Crippen LogP contribution in [-0.4, -0.2) is 5.96 Å². The molecular weight excluding hydrogens is 186 g/mol. The first kappa shape index (κ1) is 11.6. The van der Waals surface area contributed by atoms with Crippen LogP contribution in [0.25, 0.3) is 0 Å². The van der Waals surface area contributed by atoms with Gasteiger partial charge in [0.05, 0.1) is 0 Å². The molecule has 1 rings (SSSR count). The maximum absolute atomic E-state index is 7.09. The van der Waals surface area contributed by atoms with Gasteiger partial charge >= 0.3 is 0 Å². The number of anilines is 1. The molecule has 15 heavy (non-hydrogen) atoms. The molecule has 0 saturated heterocycles. The Labute approximate surface area is 91.2 Å². The van der Waals surface area contributed by atoms with E-state index in [1.54, 1.807) is 0 Å². The van der Waals surface area contributed by atoms with Gasteiger partial charge in [0.25, 0.3) is 0 Å². The van der Waals surface area contributed by atoms with Crippen LogP contribution in [0.4, 0.5) is 5.69 Å². The van der Waals surface area contributed by atoms with Crippen molar-refractivity contribution in [3.05, 3.63) is 29.8 Å². The molecule has 0 fully saturated rings. The summed E-state index contributed by atoms with van der Waals surface area (Å²) in [6, 6.07) is 8.06. The standard InChI is InChI=1S/C12H19N3/c1-9(2)3-4-10-5-7-11(8-6-10)15-12(13)14/h5-9H,3-4H2,1-2H3,(H4,13,14,15). The van der Waals surface area contributed by atoms with Gasteiger partial charge in [-0.1, -0.05) is 26.0 Å². The molecule has 82 valence electrons. The minimum atomic E-state index is -0.0232. The summed E-state index contributed by atoms with van der Waals surface area (Å²) in [6.45, 7) is 4.46. The van der Waals surface area contributed by atoms with Crippen molar-refractivity contribution in [2.24, 2.45) is 11.7 Å². The number of nitrogens with two attached hydrogens (primary N) is 1. The number of rotatable bonds is 4. The fourth-order valence-corrected chi connectivity index (χ4v) is 1.37. The van der Waals surface area contributed by atoms with E-state index < -0.39 is 0 Å². The van der Waals surface area contributed by atoms with Crippen molar-refractivity contribution >= 4 is 11.6 Å². The minimum Gasteiger partial charge on any atom is -0.370 e. The summed E-state index contributed by atoms with van der Waals surface area (Å²) >= 11 is 0. The zero-order valence-electron chi connectivity index (χ0n) is 9.38. The summed E-state index contributed by atoms with van der Waals surface area (Å²) in [5.74, 6) is 0.713. The second-order valence-corrected chi connectivity index (χ2v) is 4.17. The van der Waals surface area contributed by atoms with Crippen molar-refractivity contribution in [2.75, 3.05) is 5.32 Å². The molecule has 4 N–H and O–H groups in total. The van der Waals surface area contributed by atoms with Gasteiger partial charge in [-0.3, -0.25) is 5.41 Å². The maximum atomic E-state index is 7.09. The molecule has 0 atom stereocenters. The first-order chi connectivity index (χ1) is 7.08. The summed E-state index contributed by atoms with van der Waals surface area (Å²) in [6.07, 6.45) is 2.32. The lowest BCUT2D eigenvalue weighted by Gasteiger charge is -2.07. The molecule has 0 bridgehead atoms. The summed E-state index contributed by atoms with van der Waals surface area (Å²) < 4.78 is 0. The van der Waals surface area contributed by atoms with Gasteiger partial charge in [0.1, 0.15) is 0 Å². The van der Waals surface area contributed by atoms with E-state index in [1.807, 2.05) is 12.1 Å². The Bertz CT molecular complexity index is 314. The number of guanidine groups is 1. The molecule has 0 amide bonds. The largest absolute Gasteiger partial charge is 0.370 e. The fraction of sp³-hybridized carbons (Fsp3) is 0.417. The Morgan fingerprint density at radius 1 is 1.33 bits per heavy atom. The number of benzene rings is 1. The van der Waals surface area contributed by atoms with Crippen LogP contribution in [0.5, 0.6) is 0 Å². The number of hydrogen-bond donors (Lipinski definition) is 3. The molecule has 0 aromatic heterocycles. The van der Waals surface area contributed by atoms with Crippen molar-refractivity contribution in [1.82, 2.24) is 0 Å². The van der Waals surface area contributed by atoms with Gasteiger partial charge in [-0.15, -0.1) is 0 Å². The lowest BCUT2D eigenvalue weighted by molar-refractivity contribution is 0.587. The van der Waals surface area contributed by atoms with E-state index in [4.69, 9.17) is 11.1 Å². The van der Waals surface area contributed by atoms with Gasteiger partial charge < -0.3 is 11.1 Å². The molecule has 3 nitrogen and oxygen atoms in total. The molecule has 0 aliphatic heterocycles. The van der Waals surface area contributed by atoms with Crippen molar-refractivity contribution in [3.63, 3.8) is 0 Å². The third-order valence-electron chi connectivity index (χ3n) is 2.24. The third-order valence-corrected chi connectivity index (χ3v) is 2.24. The van der Waals surface area contributed by atoms with Gasteiger partial charge in [0.2, 0.25) is 0 Å². The second kappa shape index (κ2) is 5.39. The Morgan fingerprint density at radius 2 is 1.93 bits per heavy atom. The molecule has 1 aromatic rings. The maximum Gasteiger partial charge on any atom is 0.190 e. The lowest BCUT2D eigenvalue weighted by Crippen LogP contribution is -2.20. The zero-order chi connectivity index (χ0) is 11.3. The van der Waals surface area contributed by atoms with Crippen LogP contribution in [0, 0.1) is 11.3 Å². The van der Waals surface area contributed by atoms with Crippen LogP contribution in [0.3, 0.4) is 0 Å². The molecule has 0 spiro atoms. The highest BCUT2D eigenvalue weighted by atomic mass is 15.0. The SMILES string of the molecule is CC(C)CCc1ccc(NC(=N)N)cc1. The summed E-state index contributed by atoms with van der Waals surface area (Å²) in [4.78, 5) is 0. The van der Waals surface area contributed by atoms with Crippen LogP contribution in [0.1, 0.15) is 25.8 Å². The average molecular weight is 205 g/mol. The van der Waals surface area contributed by atoms with E-state index in [1.165, 1.54) is 12.0 Å². The Morgan fingerprint density at radius 3 is 2.40 bits per heavy atom. The van der Waals surface area contributed by atoms with Crippen molar-refractivity contribution in [3.8, 4) is 0 Å². The predicted octanol–water partition coefficient (Wildman–Crippen LogP) is 2.58. The fourth-order valence-electron chi connectivity index (χ4n) is 1.37. The quantitative estimate of drug-likeness (QED) is 0.522. The van der Waals surface area contributed by atoms with Crippen molar-refractivity contribution < 1.29 is 0 Å². The van der Waals surface area contributed by atoms with Crippen LogP contribution in [0.15, 0.2) is 24.3 Å². The highest BCUT2D eigenvalue weighted by Crippen LogP contribution is 2.12. The summed E-state index contributed by atoms with van der Waals surface area (Å²) in [5, 5.41) is 9.85. The number of hydrogen-bond acceptors (Lipinski definition) is 1. The Balaban J connectivity index is 2.52. The van der Waals surface area contributed by atoms with Crippen LogP contribution < -0.4 is 11.1 Å². The van der Waals surface area contributed by atoms with E-state index in [2.05, 4.69) is 31.3 Å². The topological polar surface area (TPSA) is 61.9 Å². The highest BCUT2D eigenvalue weighted by Gasteiger charge is 1.97. The summed E-state index contributed by atoms with van der Waals surface area (Å²) in [5.41, 5.74) is 7.44. The third kappa shape index (κ3) is 4.49. The number of nitrogens with one attached hydrogen (secondary N) is 2.